The fraction of sp³-hybridized carbons (Fsp3) is 0.667. The molecule has 3 rings (SSSR count). The predicted octanol–water partition coefficient (Wildman–Crippen LogP) is 3.97. The first-order valence-corrected chi connectivity index (χ1v) is 8.17. The standard InChI is InChI=1S/C18H27NO/c1-13(2)9-14(11-19-16-7-8-16)10-15-12-20-18-6-4-3-5-17(15)18/h3-6,13-16,19H,7-12H2,1-2H3. The molecule has 0 spiro atoms. The van der Waals surface area contributed by atoms with Gasteiger partial charge in [0, 0.05) is 17.5 Å². The van der Waals surface area contributed by atoms with Crippen molar-refractivity contribution in [3.63, 3.8) is 0 Å². The molecule has 1 aromatic carbocycles. The second-order valence-electron chi connectivity index (χ2n) is 6.96. The molecule has 2 nitrogen and oxygen atoms in total. The van der Waals surface area contributed by atoms with Crippen LogP contribution < -0.4 is 10.1 Å². The minimum atomic E-state index is 0.593. The first-order valence-electron chi connectivity index (χ1n) is 8.17. The Morgan fingerprint density at radius 1 is 1.25 bits per heavy atom. The van der Waals surface area contributed by atoms with E-state index in [-0.39, 0.29) is 0 Å². The summed E-state index contributed by atoms with van der Waals surface area (Å²) in [6.45, 7) is 6.73. The number of fused-ring (bicyclic) bond motifs is 1. The number of nitrogens with one attached hydrogen (secondary N) is 1. The van der Waals surface area contributed by atoms with E-state index in [2.05, 4.69) is 43.4 Å². The van der Waals surface area contributed by atoms with Gasteiger partial charge in [0.1, 0.15) is 5.75 Å². The van der Waals surface area contributed by atoms with Crippen LogP contribution in [0, 0.1) is 11.8 Å². The Morgan fingerprint density at radius 2 is 2.05 bits per heavy atom. The highest BCUT2D eigenvalue weighted by Crippen LogP contribution is 2.38. The number of benzene rings is 1. The monoisotopic (exact) mass is 273 g/mol. The lowest BCUT2D eigenvalue weighted by Gasteiger charge is -2.22. The molecular formula is C18H27NO. The molecule has 1 N–H and O–H groups in total. The van der Waals surface area contributed by atoms with Crippen LogP contribution in [0.25, 0.3) is 0 Å². The van der Waals surface area contributed by atoms with Crippen molar-refractivity contribution in [2.24, 2.45) is 11.8 Å². The Balaban J connectivity index is 1.60. The maximum atomic E-state index is 5.83. The van der Waals surface area contributed by atoms with Crippen LogP contribution in [0.15, 0.2) is 24.3 Å². The molecule has 2 atom stereocenters. The molecule has 20 heavy (non-hydrogen) atoms. The van der Waals surface area contributed by atoms with Gasteiger partial charge in [0.05, 0.1) is 6.61 Å². The summed E-state index contributed by atoms with van der Waals surface area (Å²) in [6.07, 6.45) is 5.33. The van der Waals surface area contributed by atoms with Crippen molar-refractivity contribution in [2.75, 3.05) is 13.2 Å². The topological polar surface area (TPSA) is 21.3 Å². The third-order valence-corrected chi connectivity index (χ3v) is 4.49. The molecule has 2 aliphatic rings. The highest BCUT2D eigenvalue weighted by atomic mass is 16.5. The van der Waals surface area contributed by atoms with E-state index in [4.69, 9.17) is 4.74 Å². The minimum Gasteiger partial charge on any atom is -0.493 e. The van der Waals surface area contributed by atoms with Gasteiger partial charge in [0.2, 0.25) is 0 Å². The summed E-state index contributed by atoms with van der Waals surface area (Å²) >= 11 is 0. The molecule has 1 aromatic rings. The molecule has 0 aromatic heterocycles. The lowest BCUT2D eigenvalue weighted by Crippen LogP contribution is -2.27. The molecule has 110 valence electrons. The summed E-state index contributed by atoms with van der Waals surface area (Å²) in [7, 11) is 0. The molecule has 0 saturated heterocycles. The molecule has 1 aliphatic heterocycles. The fourth-order valence-corrected chi connectivity index (χ4v) is 3.38. The first-order chi connectivity index (χ1) is 9.72. The summed E-state index contributed by atoms with van der Waals surface area (Å²) in [5, 5.41) is 3.72. The summed E-state index contributed by atoms with van der Waals surface area (Å²) in [5.41, 5.74) is 1.42. The molecule has 1 saturated carbocycles. The van der Waals surface area contributed by atoms with Crippen LogP contribution in [0.3, 0.4) is 0 Å². The molecule has 1 fully saturated rings. The van der Waals surface area contributed by atoms with Gasteiger partial charge in [-0.2, -0.15) is 0 Å². The quantitative estimate of drug-likeness (QED) is 0.811. The Labute approximate surface area is 122 Å². The van der Waals surface area contributed by atoms with Gasteiger partial charge in [0.15, 0.2) is 0 Å². The zero-order chi connectivity index (χ0) is 13.9. The number of hydrogen-bond acceptors (Lipinski definition) is 2. The normalized spacial score (nSPS) is 22.6. The largest absolute Gasteiger partial charge is 0.493 e. The van der Waals surface area contributed by atoms with Gasteiger partial charge in [-0.1, -0.05) is 32.0 Å². The van der Waals surface area contributed by atoms with Crippen molar-refractivity contribution in [1.29, 1.82) is 0 Å². The van der Waals surface area contributed by atoms with Crippen molar-refractivity contribution >= 4 is 0 Å². The van der Waals surface area contributed by atoms with Crippen LogP contribution in [0.5, 0.6) is 5.75 Å². The molecule has 2 unspecified atom stereocenters. The molecule has 0 amide bonds. The lowest BCUT2D eigenvalue weighted by atomic mass is 9.85. The van der Waals surface area contributed by atoms with Gasteiger partial charge in [-0.15, -0.1) is 0 Å². The molecule has 1 heterocycles. The highest BCUT2D eigenvalue weighted by molar-refractivity contribution is 5.39. The third kappa shape index (κ3) is 3.54. The summed E-state index contributed by atoms with van der Waals surface area (Å²) in [6, 6.07) is 9.38. The van der Waals surface area contributed by atoms with Crippen molar-refractivity contribution < 1.29 is 4.74 Å². The van der Waals surface area contributed by atoms with E-state index >= 15 is 0 Å². The van der Waals surface area contributed by atoms with Gasteiger partial charge in [0.25, 0.3) is 0 Å². The zero-order valence-corrected chi connectivity index (χ0v) is 12.8. The maximum Gasteiger partial charge on any atom is 0.122 e. The van der Waals surface area contributed by atoms with Crippen LogP contribution in [0.4, 0.5) is 0 Å². The Kier molecular flexibility index (Phi) is 4.30. The van der Waals surface area contributed by atoms with Crippen molar-refractivity contribution in [3.05, 3.63) is 29.8 Å². The molecule has 0 bridgehead atoms. The van der Waals surface area contributed by atoms with E-state index in [0.717, 1.165) is 30.2 Å². The van der Waals surface area contributed by atoms with Gasteiger partial charge >= 0.3 is 0 Å². The van der Waals surface area contributed by atoms with Crippen molar-refractivity contribution in [3.8, 4) is 5.75 Å². The van der Waals surface area contributed by atoms with E-state index in [0.29, 0.717) is 5.92 Å². The van der Waals surface area contributed by atoms with E-state index in [1.54, 1.807) is 0 Å². The fourth-order valence-electron chi connectivity index (χ4n) is 3.38. The summed E-state index contributed by atoms with van der Waals surface area (Å²) in [5.74, 6) is 3.25. The Hall–Kier alpha value is -1.02. The molecular weight excluding hydrogens is 246 g/mol. The van der Waals surface area contributed by atoms with Crippen LogP contribution in [-0.2, 0) is 0 Å². The summed E-state index contributed by atoms with van der Waals surface area (Å²) < 4.78 is 5.83. The van der Waals surface area contributed by atoms with Gasteiger partial charge in [-0.3, -0.25) is 0 Å². The van der Waals surface area contributed by atoms with E-state index in [1.807, 2.05) is 0 Å². The zero-order valence-electron chi connectivity index (χ0n) is 12.8. The van der Waals surface area contributed by atoms with E-state index in [9.17, 15) is 0 Å². The Morgan fingerprint density at radius 3 is 2.80 bits per heavy atom. The van der Waals surface area contributed by atoms with Crippen molar-refractivity contribution in [2.45, 2.75) is 51.5 Å². The smallest absolute Gasteiger partial charge is 0.122 e. The van der Waals surface area contributed by atoms with Crippen LogP contribution in [0.1, 0.15) is 51.0 Å². The number of ether oxygens (including phenoxy) is 1. The van der Waals surface area contributed by atoms with Crippen LogP contribution in [-0.4, -0.2) is 19.2 Å². The average Bonchev–Trinajstić information content (AvgIpc) is 3.17. The van der Waals surface area contributed by atoms with Crippen LogP contribution >= 0.6 is 0 Å². The molecule has 2 heteroatoms. The first kappa shape index (κ1) is 13.9. The lowest BCUT2D eigenvalue weighted by molar-refractivity contribution is 0.285. The minimum absolute atomic E-state index is 0.593. The van der Waals surface area contributed by atoms with Crippen LogP contribution in [0.2, 0.25) is 0 Å². The molecule has 0 radical (unpaired) electrons. The molecule has 1 aliphatic carbocycles. The number of para-hydroxylation sites is 1. The third-order valence-electron chi connectivity index (χ3n) is 4.49. The van der Waals surface area contributed by atoms with Gasteiger partial charge in [-0.25, -0.2) is 0 Å². The second-order valence-corrected chi connectivity index (χ2v) is 6.96. The predicted molar refractivity (Wildman–Crippen MR) is 83.3 cm³/mol. The van der Waals surface area contributed by atoms with E-state index in [1.165, 1.54) is 37.8 Å². The maximum absolute atomic E-state index is 5.83. The average molecular weight is 273 g/mol. The second kappa shape index (κ2) is 6.17. The number of rotatable bonds is 7. The SMILES string of the molecule is CC(C)CC(CNC1CC1)CC1COc2ccccc21. The highest BCUT2D eigenvalue weighted by Gasteiger charge is 2.28. The van der Waals surface area contributed by atoms with E-state index < -0.39 is 0 Å². The summed E-state index contributed by atoms with van der Waals surface area (Å²) in [4.78, 5) is 0. The Bertz CT molecular complexity index is 439. The van der Waals surface area contributed by atoms with Gasteiger partial charge < -0.3 is 10.1 Å². The number of hydrogen-bond donors (Lipinski definition) is 1. The van der Waals surface area contributed by atoms with Gasteiger partial charge in [-0.05, 0) is 50.1 Å². The van der Waals surface area contributed by atoms with Crippen molar-refractivity contribution in [1.82, 2.24) is 5.32 Å².